The van der Waals surface area contributed by atoms with Crippen molar-refractivity contribution in [2.45, 2.75) is 18.9 Å². The maximum absolute atomic E-state index is 12.4. The minimum Gasteiger partial charge on any atom is -0.381 e. The van der Waals surface area contributed by atoms with E-state index in [1.807, 2.05) is 28.6 Å². The van der Waals surface area contributed by atoms with Crippen LogP contribution in [-0.4, -0.2) is 42.1 Å². The highest BCUT2D eigenvalue weighted by molar-refractivity contribution is 7.16. The van der Waals surface area contributed by atoms with Crippen molar-refractivity contribution in [2.24, 2.45) is 0 Å². The second-order valence-corrected chi connectivity index (χ2v) is 5.65. The number of ether oxygens (including phenoxy) is 1. The van der Waals surface area contributed by atoms with E-state index in [1.165, 1.54) is 0 Å². The lowest BCUT2D eigenvalue weighted by Gasteiger charge is -2.31. The summed E-state index contributed by atoms with van der Waals surface area (Å²) in [4.78, 5) is 18.6. The minimum absolute atomic E-state index is 0.116. The molecule has 0 radical (unpaired) electrons. The SMILES string of the molecule is COC1CCN(C(=O)c2ccc3ncsc3c2)CC1. The zero-order chi connectivity index (χ0) is 13.2. The molecule has 5 heteroatoms. The highest BCUT2D eigenvalue weighted by atomic mass is 32.1. The Morgan fingerprint density at radius 3 is 2.95 bits per heavy atom. The Morgan fingerprint density at radius 2 is 2.21 bits per heavy atom. The lowest BCUT2D eigenvalue weighted by atomic mass is 10.1. The molecule has 1 amide bonds. The molecule has 1 aromatic carbocycles. The van der Waals surface area contributed by atoms with Gasteiger partial charge in [-0.2, -0.15) is 0 Å². The number of carbonyl (C=O) groups excluding carboxylic acids is 1. The fourth-order valence-electron chi connectivity index (χ4n) is 2.47. The molecule has 100 valence electrons. The number of amides is 1. The van der Waals surface area contributed by atoms with Crippen molar-refractivity contribution in [2.75, 3.05) is 20.2 Å². The molecule has 1 fully saturated rings. The molecule has 0 atom stereocenters. The van der Waals surface area contributed by atoms with Crippen molar-refractivity contribution in [1.29, 1.82) is 0 Å². The number of benzene rings is 1. The normalized spacial score (nSPS) is 17.0. The predicted octanol–water partition coefficient (Wildman–Crippen LogP) is 2.55. The molecule has 0 bridgehead atoms. The first kappa shape index (κ1) is 12.6. The molecule has 0 unspecified atom stereocenters. The van der Waals surface area contributed by atoms with E-state index >= 15 is 0 Å². The van der Waals surface area contributed by atoms with Gasteiger partial charge in [0, 0.05) is 25.8 Å². The van der Waals surface area contributed by atoms with Gasteiger partial charge < -0.3 is 9.64 Å². The van der Waals surface area contributed by atoms with E-state index < -0.39 is 0 Å². The van der Waals surface area contributed by atoms with Crippen molar-refractivity contribution in [3.63, 3.8) is 0 Å². The number of fused-ring (bicyclic) bond motifs is 1. The molecular formula is C14H16N2O2S. The van der Waals surface area contributed by atoms with E-state index in [9.17, 15) is 4.79 Å². The lowest BCUT2D eigenvalue weighted by Crippen LogP contribution is -2.40. The topological polar surface area (TPSA) is 42.4 Å². The molecule has 2 aromatic rings. The summed E-state index contributed by atoms with van der Waals surface area (Å²) in [6.45, 7) is 1.55. The fraction of sp³-hybridized carbons (Fsp3) is 0.429. The molecule has 0 aliphatic carbocycles. The Labute approximate surface area is 116 Å². The number of hydrogen-bond acceptors (Lipinski definition) is 4. The number of hydrogen-bond donors (Lipinski definition) is 0. The number of rotatable bonds is 2. The Balaban J connectivity index is 1.76. The molecule has 2 heterocycles. The molecule has 1 aliphatic heterocycles. The Kier molecular flexibility index (Phi) is 3.48. The largest absolute Gasteiger partial charge is 0.381 e. The van der Waals surface area contributed by atoms with Gasteiger partial charge in [0.05, 0.1) is 21.8 Å². The zero-order valence-corrected chi connectivity index (χ0v) is 11.7. The summed E-state index contributed by atoms with van der Waals surface area (Å²) < 4.78 is 6.39. The molecule has 0 N–H and O–H groups in total. The Bertz CT molecular complexity index is 588. The van der Waals surface area contributed by atoms with Gasteiger partial charge >= 0.3 is 0 Å². The maximum atomic E-state index is 12.4. The van der Waals surface area contributed by atoms with Crippen molar-refractivity contribution >= 4 is 27.5 Å². The number of carbonyl (C=O) groups is 1. The highest BCUT2D eigenvalue weighted by Gasteiger charge is 2.23. The third-order valence-electron chi connectivity index (χ3n) is 3.64. The second kappa shape index (κ2) is 5.27. The lowest BCUT2D eigenvalue weighted by molar-refractivity contribution is 0.0351. The molecule has 1 aromatic heterocycles. The number of methoxy groups -OCH3 is 1. The zero-order valence-electron chi connectivity index (χ0n) is 10.8. The van der Waals surface area contributed by atoms with Crippen LogP contribution < -0.4 is 0 Å². The van der Waals surface area contributed by atoms with Crippen LogP contribution in [0.1, 0.15) is 23.2 Å². The van der Waals surface area contributed by atoms with Crippen LogP contribution in [0.25, 0.3) is 10.2 Å². The van der Waals surface area contributed by atoms with Gasteiger partial charge in [-0.05, 0) is 31.0 Å². The number of thiazole rings is 1. The van der Waals surface area contributed by atoms with E-state index in [2.05, 4.69) is 4.98 Å². The van der Waals surface area contributed by atoms with E-state index in [0.29, 0.717) is 6.10 Å². The van der Waals surface area contributed by atoms with Crippen LogP contribution in [0.5, 0.6) is 0 Å². The van der Waals surface area contributed by atoms with Gasteiger partial charge in [0.1, 0.15) is 0 Å². The van der Waals surface area contributed by atoms with Crippen molar-refractivity contribution < 1.29 is 9.53 Å². The predicted molar refractivity (Wildman–Crippen MR) is 75.6 cm³/mol. The van der Waals surface area contributed by atoms with Crippen LogP contribution in [0.4, 0.5) is 0 Å². The quantitative estimate of drug-likeness (QED) is 0.846. The third kappa shape index (κ3) is 2.48. The van der Waals surface area contributed by atoms with Crippen molar-refractivity contribution in [3.8, 4) is 0 Å². The monoisotopic (exact) mass is 276 g/mol. The smallest absolute Gasteiger partial charge is 0.253 e. The van der Waals surface area contributed by atoms with Crippen LogP contribution in [-0.2, 0) is 4.74 Å². The van der Waals surface area contributed by atoms with Crippen LogP contribution in [0.2, 0.25) is 0 Å². The summed E-state index contributed by atoms with van der Waals surface area (Å²) in [5, 5.41) is 0. The fourth-order valence-corrected chi connectivity index (χ4v) is 3.18. The van der Waals surface area contributed by atoms with Crippen molar-refractivity contribution in [3.05, 3.63) is 29.3 Å². The van der Waals surface area contributed by atoms with E-state index in [4.69, 9.17) is 4.74 Å². The van der Waals surface area contributed by atoms with Crippen LogP contribution in [0.15, 0.2) is 23.7 Å². The maximum Gasteiger partial charge on any atom is 0.253 e. The first-order valence-corrected chi connectivity index (χ1v) is 7.31. The second-order valence-electron chi connectivity index (χ2n) is 4.76. The van der Waals surface area contributed by atoms with E-state index in [-0.39, 0.29) is 5.91 Å². The van der Waals surface area contributed by atoms with E-state index in [0.717, 1.165) is 41.7 Å². The summed E-state index contributed by atoms with van der Waals surface area (Å²) >= 11 is 1.57. The van der Waals surface area contributed by atoms with Gasteiger partial charge in [-0.15, -0.1) is 11.3 Å². The van der Waals surface area contributed by atoms with Gasteiger partial charge in [0.25, 0.3) is 5.91 Å². The van der Waals surface area contributed by atoms with Gasteiger partial charge in [-0.1, -0.05) is 0 Å². The minimum atomic E-state index is 0.116. The molecule has 19 heavy (non-hydrogen) atoms. The molecule has 3 rings (SSSR count). The molecular weight excluding hydrogens is 260 g/mol. The summed E-state index contributed by atoms with van der Waals surface area (Å²) in [7, 11) is 1.74. The molecule has 0 saturated carbocycles. The Morgan fingerprint density at radius 1 is 1.42 bits per heavy atom. The van der Waals surface area contributed by atoms with Gasteiger partial charge in [-0.3, -0.25) is 4.79 Å². The van der Waals surface area contributed by atoms with Crippen LogP contribution >= 0.6 is 11.3 Å². The van der Waals surface area contributed by atoms with Crippen molar-refractivity contribution in [1.82, 2.24) is 9.88 Å². The average Bonchev–Trinajstić information content (AvgIpc) is 2.94. The first-order chi connectivity index (χ1) is 9.28. The van der Waals surface area contributed by atoms with Crippen LogP contribution in [0, 0.1) is 0 Å². The number of piperidine rings is 1. The Hall–Kier alpha value is -1.46. The number of nitrogens with zero attached hydrogens (tertiary/aromatic N) is 2. The summed E-state index contributed by atoms with van der Waals surface area (Å²) in [6.07, 6.45) is 2.14. The summed E-state index contributed by atoms with van der Waals surface area (Å²) in [6, 6.07) is 5.73. The van der Waals surface area contributed by atoms with Gasteiger partial charge in [0.15, 0.2) is 0 Å². The average molecular weight is 276 g/mol. The third-order valence-corrected chi connectivity index (χ3v) is 4.43. The number of aromatic nitrogens is 1. The highest BCUT2D eigenvalue weighted by Crippen LogP contribution is 2.21. The molecule has 0 spiro atoms. The van der Waals surface area contributed by atoms with Gasteiger partial charge in [0.2, 0.25) is 0 Å². The van der Waals surface area contributed by atoms with Gasteiger partial charge in [-0.25, -0.2) is 4.98 Å². The molecule has 1 aliphatic rings. The number of likely N-dealkylation sites (tertiary alicyclic amines) is 1. The summed E-state index contributed by atoms with van der Waals surface area (Å²) in [5.74, 6) is 0.116. The standard InChI is InChI=1S/C14H16N2O2S/c1-18-11-4-6-16(7-5-11)14(17)10-2-3-12-13(8-10)19-9-15-12/h2-3,8-9,11H,4-7H2,1H3. The van der Waals surface area contributed by atoms with E-state index in [1.54, 1.807) is 18.4 Å². The molecule has 4 nitrogen and oxygen atoms in total. The molecule has 1 saturated heterocycles. The summed E-state index contributed by atoms with van der Waals surface area (Å²) in [5.41, 5.74) is 3.52. The first-order valence-electron chi connectivity index (χ1n) is 6.43. The van der Waals surface area contributed by atoms with Crippen LogP contribution in [0.3, 0.4) is 0 Å².